The third-order valence-electron chi connectivity index (χ3n) is 5.39. The van der Waals surface area contributed by atoms with Crippen LogP contribution >= 0.6 is 0 Å². The first-order valence-corrected chi connectivity index (χ1v) is 11.1. The van der Waals surface area contributed by atoms with Gasteiger partial charge in [-0.05, 0) is 17.4 Å². The Morgan fingerprint density at radius 3 is 2.07 bits per heavy atom. The highest BCUT2D eigenvalue weighted by molar-refractivity contribution is 5.19. The molecule has 1 saturated heterocycles. The normalized spacial score (nSPS) is 23.8. The Balaban J connectivity index is 0.00000145. The lowest BCUT2D eigenvalue weighted by Crippen LogP contribution is -2.46. The van der Waals surface area contributed by atoms with Crippen LogP contribution in [0, 0.1) is 11.8 Å². The maximum atomic E-state index is 6.61. The molecule has 1 heterocycles. The van der Waals surface area contributed by atoms with E-state index in [4.69, 9.17) is 14.2 Å². The molecule has 4 unspecified atom stereocenters. The van der Waals surface area contributed by atoms with Gasteiger partial charge >= 0.3 is 0 Å². The molecule has 3 nitrogen and oxygen atoms in total. The summed E-state index contributed by atoms with van der Waals surface area (Å²) in [6.07, 6.45) is 0.693. The van der Waals surface area contributed by atoms with Crippen molar-refractivity contribution >= 4 is 0 Å². The summed E-state index contributed by atoms with van der Waals surface area (Å²) in [5.41, 5.74) is 2.27. The highest BCUT2D eigenvalue weighted by Crippen LogP contribution is 2.36. The Kier molecular flexibility index (Phi) is 9.86. The van der Waals surface area contributed by atoms with Crippen molar-refractivity contribution in [2.24, 2.45) is 11.8 Å². The van der Waals surface area contributed by atoms with E-state index < -0.39 is 0 Å². The molecule has 29 heavy (non-hydrogen) atoms. The first-order valence-electron chi connectivity index (χ1n) is 11.1. The second-order valence-corrected chi connectivity index (χ2v) is 7.81. The second-order valence-electron chi connectivity index (χ2n) is 7.81. The van der Waals surface area contributed by atoms with Gasteiger partial charge in [0.2, 0.25) is 0 Å². The predicted molar refractivity (Wildman–Crippen MR) is 120 cm³/mol. The minimum Gasteiger partial charge on any atom is -0.365 e. The van der Waals surface area contributed by atoms with E-state index in [2.05, 4.69) is 64.1 Å². The van der Waals surface area contributed by atoms with Crippen LogP contribution in [0.4, 0.5) is 0 Å². The average molecular weight is 399 g/mol. The van der Waals surface area contributed by atoms with Crippen molar-refractivity contribution in [3.05, 3.63) is 71.8 Å². The van der Waals surface area contributed by atoms with Crippen LogP contribution in [-0.4, -0.2) is 18.8 Å². The quantitative estimate of drug-likeness (QED) is 0.505. The zero-order valence-corrected chi connectivity index (χ0v) is 18.9. The lowest BCUT2D eigenvalue weighted by molar-refractivity contribution is -0.285. The SMILES string of the molecule is CC.CC[C@@H](C)C1OC(c2ccccc2)OCC1OC(c1ccccc1)C(C)C. The van der Waals surface area contributed by atoms with Gasteiger partial charge in [0.05, 0.1) is 18.8 Å². The lowest BCUT2D eigenvalue weighted by atomic mass is 9.94. The van der Waals surface area contributed by atoms with Gasteiger partial charge in [-0.25, -0.2) is 0 Å². The molecule has 3 rings (SSSR count). The van der Waals surface area contributed by atoms with E-state index in [1.54, 1.807) is 0 Å². The summed E-state index contributed by atoms with van der Waals surface area (Å²) in [7, 11) is 0. The van der Waals surface area contributed by atoms with Crippen LogP contribution in [0.2, 0.25) is 0 Å². The van der Waals surface area contributed by atoms with Gasteiger partial charge in [-0.2, -0.15) is 0 Å². The summed E-state index contributed by atoms with van der Waals surface area (Å²) in [4.78, 5) is 0. The fourth-order valence-corrected chi connectivity index (χ4v) is 3.63. The summed E-state index contributed by atoms with van der Waals surface area (Å²) in [5, 5.41) is 0. The van der Waals surface area contributed by atoms with Crippen LogP contribution in [0.3, 0.4) is 0 Å². The fourth-order valence-electron chi connectivity index (χ4n) is 3.63. The number of benzene rings is 2. The Hall–Kier alpha value is -1.68. The van der Waals surface area contributed by atoms with E-state index in [1.165, 1.54) is 5.56 Å². The molecule has 1 aliphatic heterocycles. The third kappa shape index (κ3) is 6.40. The van der Waals surface area contributed by atoms with Gasteiger partial charge in [-0.1, -0.05) is 109 Å². The Labute approximate surface area is 177 Å². The van der Waals surface area contributed by atoms with E-state index in [0.29, 0.717) is 18.4 Å². The molecule has 0 radical (unpaired) electrons. The molecule has 1 aliphatic rings. The topological polar surface area (TPSA) is 27.7 Å². The van der Waals surface area contributed by atoms with E-state index in [9.17, 15) is 0 Å². The molecule has 160 valence electrons. The monoisotopic (exact) mass is 398 g/mol. The van der Waals surface area contributed by atoms with Gasteiger partial charge < -0.3 is 14.2 Å². The number of hydrogen-bond acceptors (Lipinski definition) is 3. The molecule has 0 amide bonds. The lowest BCUT2D eigenvalue weighted by Gasteiger charge is -2.41. The fraction of sp³-hybridized carbons (Fsp3) is 0.538. The summed E-state index contributed by atoms with van der Waals surface area (Å²) in [5.74, 6) is 0.769. The maximum absolute atomic E-state index is 6.61. The highest BCUT2D eigenvalue weighted by Gasteiger charge is 2.38. The van der Waals surface area contributed by atoms with Gasteiger partial charge in [0.15, 0.2) is 6.29 Å². The zero-order chi connectivity index (χ0) is 21.2. The highest BCUT2D eigenvalue weighted by atomic mass is 16.7. The minimum atomic E-state index is -0.320. The molecule has 1 fully saturated rings. The standard InChI is InChI=1S/C24H32O3.C2H6/c1-5-18(4)23-21(16-25-24(27-23)20-14-10-7-11-15-20)26-22(17(2)3)19-12-8-6-9-13-19;1-2/h6-15,17-18,21-24H,5,16H2,1-4H3;1-2H3/t18-,21?,22?,23?,24?;/m1./s1. The van der Waals surface area contributed by atoms with Gasteiger partial charge in [0.1, 0.15) is 6.10 Å². The molecule has 0 spiro atoms. The van der Waals surface area contributed by atoms with Crippen LogP contribution in [0.5, 0.6) is 0 Å². The first-order chi connectivity index (χ1) is 14.1. The Morgan fingerprint density at radius 1 is 0.931 bits per heavy atom. The minimum absolute atomic E-state index is 0.0129. The van der Waals surface area contributed by atoms with Crippen molar-refractivity contribution in [2.45, 2.75) is 72.6 Å². The molecule has 0 N–H and O–H groups in total. The van der Waals surface area contributed by atoms with Crippen molar-refractivity contribution in [3.8, 4) is 0 Å². The van der Waals surface area contributed by atoms with Crippen molar-refractivity contribution in [3.63, 3.8) is 0 Å². The summed E-state index contributed by atoms with van der Waals surface area (Å²) in [6, 6.07) is 20.6. The van der Waals surface area contributed by atoms with Gasteiger partial charge in [-0.15, -0.1) is 0 Å². The van der Waals surface area contributed by atoms with Crippen molar-refractivity contribution in [1.82, 2.24) is 0 Å². The molecule has 2 aromatic rings. The molecule has 5 atom stereocenters. The second kappa shape index (κ2) is 12.1. The third-order valence-corrected chi connectivity index (χ3v) is 5.39. The number of rotatable bonds is 7. The van der Waals surface area contributed by atoms with Crippen molar-refractivity contribution in [1.29, 1.82) is 0 Å². The number of ether oxygens (including phenoxy) is 3. The largest absolute Gasteiger partial charge is 0.365 e. The average Bonchev–Trinajstić information content (AvgIpc) is 2.79. The maximum Gasteiger partial charge on any atom is 0.184 e. The van der Waals surface area contributed by atoms with Crippen LogP contribution in [0.25, 0.3) is 0 Å². The molecule has 0 bridgehead atoms. The molecule has 3 heteroatoms. The van der Waals surface area contributed by atoms with Gasteiger partial charge in [0, 0.05) is 5.56 Å². The van der Waals surface area contributed by atoms with Crippen molar-refractivity contribution in [2.75, 3.05) is 6.61 Å². The van der Waals surface area contributed by atoms with Crippen LogP contribution in [0.1, 0.15) is 71.5 Å². The first kappa shape index (κ1) is 23.6. The van der Waals surface area contributed by atoms with E-state index in [1.807, 2.05) is 38.1 Å². The summed E-state index contributed by atoms with van der Waals surface area (Å²) < 4.78 is 19.1. The van der Waals surface area contributed by atoms with Gasteiger partial charge in [0.25, 0.3) is 0 Å². The summed E-state index contributed by atoms with van der Waals surface area (Å²) in [6.45, 7) is 13.4. The molecular formula is C26H38O3. The predicted octanol–water partition coefficient (Wildman–Crippen LogP) is 6.96. The van der Waals surface area contributed by atoms with Crippen LogP contribution < -0.4 is 0 Å². The Morgan fingerprint density at radius 2 is 1.52 bits per heavy atom. The molecule has 2 aromatic carbocycles. The molecule has 0 saturated carbocycles. The van der Waals surface area contributed by atoms with Gasteiger partial charge in [-0.3, -0.25) is 0 Å². The smallest absolute Gasteiger partial charge is 0.184 e. The van der Waals surface area contributed by atoms with E-state index >= 15 is 0 Å². The zero-order valence-electron chi connectivity index (χ0n) is 18.9. The Bertz CT molecular complexity index is 671. The van der Waals surface area contributed by atoms with Crippen LogP contribution in [0.15, 0.2) is 60.7 Å². The molecule has 0 aliphatic carbocycles. The van der Waals surface area contributed by atoms with E-state index in [0.717, 1.165) is 12.0 Å². The molecular weight excluding hydrogens is 360 g/mol. The van der Waals surface area contributed by atoms with E-state index in [-0.39, 0.29) is 24.6 Å². The van der Waals surface area contributed by atoms with Crippen molar-refractivity contribution < 1.29 is 14.2 Å². The molecule has 0 aromatic heterocycles. The summed E-state index contributed by atoms with van der Waals surface area (Å²) >= 11 is 0. The number of hydrogen-bond donors (Lipinski definition) is 0. The van der Waals surface area contributed by atoms with Crippen LogP contribution in [-0.2, 0) is 14.2 Å².